The van der Waals surface area contributed by atoms with E-state index >= 15 is 0 Å². The van der Waals surface area contributed by atoms with Crippen LogP contribution in [0.3, 0.4) is 0 Å². The van der Waals surface area contributed by atoms with Crippen molar-refractivity contribution >= 4 is 40.5 Å². The second-order valence-corrected chi connectivity index (χ2v) is 6.37. The third-order valence-corrected chi connectivity index (χ3v) is 4.39. The quantitative estimate of drug-likeness (QED) is 0.760. The summed E-state index contributed by atoms with van der Waals surface area (Å²) in [5.74, 6) is 0. The molecule has 4 nitrogen and oxygen atoms in total. The molecule has 7 heteroatoms. The van der Waals surface area contributed by atoms with E-state index in [-0.39, 0.29) is 0 Å². The molecule has 1 aliphatic heterocycles. The number of benzene rings is 1. The molecule has 0 aromatic heterocycles. The molecule has 0 radical (unpaired) electrons. The molecule has 0 amide bonds. The Kier molecular flexibility index (Phi) is 7.69. The van der Waals surface area contributed by atoms with Crippen LogP contribution < -0.4 is 10.6 Å². The molecule has 0 saturated carbocycles. The fourth-order valence-corrected chi connectivity index (χ4v) is 2.96. The lowest BCUT2D eigenvalue weighted by molar-refractivity contribution is 0.0389. The van der Waals surface area contributed by atoms with Gasteiger partial charge in [-0.2, -0.15) is 0 Å². The van der Waals surface area contributed by atoms with Crippen LogP contribution in [-0.2, 0) is 11.2 Å². The highest BCUT2D eigenvalue weighted by atomic mass is 35.5. The molecule has 22 heavy (non-hydrogen) atoms. The molecule has 2 rings (SSSR count). The first-order valence-corrected chi connectivity index (χ1v) is 8.57. The number of nitrogens with one attached hydrogen (secondary N) is 2. The monoisotopic (exact) mass is 361 g/mol. The maximum atomic E-state index is 6.14. The topological polar surface area (TPSA) is 36.5 Å². The van der Waals surface area contributed by atoms with Crippen LogP contribution in [0.2, 0.25) is 10.0 Å². The van der Waals surface area contributed by atoms with Crippen LogP contribution in [0.15, 0.2) is 18.2 Å². The largest absolute Gasteiger partial charge is 0.379 e. The average molecular weight is 362 g/mol. The maximum absolute atomic E-state index is 6.14. The summed E-state index contributed by atoms with van der Waals surface area (Å²) in [5.41, 5.74) is 1.06. The third-order valence-electron chi connectivity index (χ3n) is 3.51. The van der Waals surface area contributed by atoms with Crippen LogP contribution in [0.4, 0.5) is 0 Å². The van der Waals surface area contributed by atoms with Gasteiger partial charge in [-0.15, -0.1) is 0 Å². The van der Waals surface area contributed by atoms with E-state index in [4.69, 9.17) is 40.2 Å². The van der Waals surface area contributed by atoms with Crippen molar-refractivity contribution in [2.45, 2.75) is 6.42 Å². The minimum atomic E-state index is 0.655. The number of thiocarbonyl (C=S) groups is 1. The SMILES string of the molecule is S=C(NCCc1ccc(Cl)cc1Cl)NCCN1CCOCC1. The van der Waals surface area contributed by atoms with Gasteiger partial charge in [0.15, 0.2) is 5.11 Å². The molecule has 0 spiro atoms. The number of ether oxygens (including phenoxy) is 1. The predicted octanol–water partition coefficient (Wildman–Crippen LogP) is 2.33. The first-order chi connectivity index (χ1) is 10.6. The lowest BCUT2D eigenvalue weighted by atomic mass is 10.1. The van der Waals surface area contributed by atoms with Gasteiger partial charge in [0.25, 0.3) is 0 Å². The number of morpholine rings is 1. The van der Waals surface area contributed by atoms with Gasteiger partial charge in [0.05, 0.1) is 13.2 Å². The fraction of sp³-hybridized carbons (Fsp3) is 0.533. The molecule has 1 heterocycles. The van der Waals surface area contributed by atoms with Gasteiger partial charge in [0, 0.05) is 42.8 Å². The standard InChI is InChI=1S/C15H21Cl2N3OS/c16-13-2-1-12(14(17)11-13)3-4-18-15(22)19-5-6-20-7-9-21-10-8-20/h1-2,11H,3-10H2,(H2,18,19,22). The van der Waals surface area contributed by atoms with Gasteiger partial charge < -0.3 is 15.4 Å². The lowest BCUT2D eigenvalue weighted by Gasteiger charge is -2.26. The summed E-state index contributed by atoms with van der Waals surface area (Å²) in [6.07, 6.45) is 0.807. The highest BCUT2D eigenvalue weighted by molar-refractivity contribution is 7.80. The fourth-order valence-electron chi connectivity index (χ4n) is 2.25. The predicted molar refractivity (Wildman–Crippen MR) is 96.0 cm³/mol. The first kappa shape index (κ1) is 17.8. The van der Waals surface area contributed by atoms with Crippen molar-refractivity contribution in [3.8, 4) is 0 Å². The molecular formula is C15H21Cl2N3OS. The van der Waals surface area contributed by atoms with Crippen molar-refractivity contribution in [1.29, 1.82) is 0 Å². The summed E-state index contributed by atoms with van der Waals surface area (Å²) in [6, 6.07) is 5.56. The van der Waals surface area contributed by atoms with E-state index in [2.05, 4.69) is 15.5 Å². The number of hydrogen-bond donors (Lipinski definition) is 2. The van der Waals surface area contributed by atoms with Crippen molar-refractivity contribution in [3.05, 3.63) is 33.8 Å². The van der Waals surface area contributed by atoms with E-state index in [9.17, 15) is 0 Å². The number of rotatable bonds is 6. The van der Waals surface area contributed by atoms with Crippen molar-refractivity contribution < 1.29 is 4.74 Å². The van der Waals surface area contributed by atoms with E-state index < -0.39 is 0 Å². The zero-order valence-electron chi connectivity index (χ0n) is 12.4. The maximum Gasteiger partial charge on any atom is 0.166 e. The average Bonchev–Trinajstić information content (AvgIpc) is 2.50. The van der Waals surface area contributed by atoms with Gasteiger partial charge in [0.2, 0.25) is 0 Å². The second kappa shape index (κ2) is 9.53. The number of nitrogens with zero attached hydrogens (tertiary/aromatic N) is 1. The Morgan fingerprint density at radius 3 is 2.64 bits per heavy atom. The molecule has 1 aromatic carbocycles. The van der Waals surface area contributed by atoms with Crippen LogP contribution in [-0.4, -0.2) is 55.9 Å². The molecule has 1 saturated heterocycles. The molecule has 1 aromatic rings. The molecule has 0 atom stereocenters. The van der Waals surface area contributed by atoms with Crippen molar-refractivity contribution in [1.82, 2.24) is 15.5 Å². The van der Waals surface area contributed by atoms with Gasteiger partial charge in [-0.3, -0.25) is 4.90 Å². The van der Waals surface area contributed by atoms with Crippen molar-refractivity contribution in [2.75, 3.05) is 45.9 Å². The Labute approximate surface area is 147 Å². The van der Waals surface area contributed by atoms with Gasteiger partial charge in [-0.25, -0.2) is 0 Å². The van der Waals surface area contributed by atoms with E-state index in [0.29, 0.717) is 15.2 Å². The molecule has 0 bridgehead atoms. The lowest BCUT2D eigenvalue weighted by Crippen LogP contribution is -2.43. The number of halogens is 2. The third kappa shape index (κ3) is 6.26. The van der Waals surface area contributed by atoms with Crippen LogP contribution in [0, 0.1) is 0 Å². The second-order valence-electron chi connectivity index (χ2n) is 5.12. The van der Waals surface area contributed by atoms with E-state index in [0.717, 1.165) is 57.9 Å². The number of hydrogen-bond acceptors (Lipinski definition) is 3. The van der Waals surface area contributed by atoms with E-state index in [1.54, 1.807) is 6.07 Å². The van der Waals surface area contributed by atoms with Crippen LogP contribution in [0.1, 0.15) is 5.56 Å². The molecule has 0 unspecified atom stereocenters. The summed E-state index contributed by atoms with van der Waals surface area (Å²) < 4.78 is 5.32. The van der Waals surface area contributed by atoms with Gasteiger partial charge >= 0.3 is 0 Å². The molecular weight excluding hydrogens is 341 g/mol. The summed E-state index contributed by atoms with van der Waals surface area (Å²) in [6.45, 7) is 6.20. The Balaban J connectivity index is 1.59. The van der Waals surface area contributed by atoms with Crippen LogP contribution in [0.5, 0.6) is 0 Å². The van der Waals surface area contributed by atoms with E-state index in [1.807, 2.05) is 12.1 Å². The molecule has 2 N–H and O–H groups in total. The normalized spacial score (nSPS) is 15.5. The minimum absolute atomic E-state index is 0.655. The van der Waals surface area contributed by atoms with Crippen LogP contribution in [0.25, 0.3) is 0 Å². The van der Waals surface area contributed by atoms with E-state index in [1.165, 1.54) is 0 Å². The Bertz CT molecular complexity index is 496. The van der Waals surface area contributed by atoms with Crippen LogP contribution >= 0.6 is 35.4 Å². The zero-order chi connectivity index (χ0) is 15.8. The molecule has 1 aliphatic rings. The minimum Gasteiger partial charge on any atom is -0.379 e. The Morgan fingerprint density at radius 2 is 1.91 bits per heavy atom. The molecule has 1 fully saturated rings. The van der Waals surface area contributed by atoms with Crippen molar-refractivity contribution in [2.24, 2.45) is 0 Å². The Hall–Kier alpha value is -0.590. The highest BCUT2D eigenvalue weighted by Gasteiger charge is 2.09. The molecule has 122 valence electrons. The summed E-state index contributed by atoms with van der Waals surface area (Å²) in [5, 5.41) is 8.45. The molecule has 0 aliphatic carbocycles. The van der Waals surface area contributed by atoms with Gasteiger partial charge in [0.1, 0.15) is 0 Å². The summed E-state index contributed by atoms with van der Waals surface area (Å²) >= 11 is 17.3. The first-order valence-electron chi connectivity index (χ1n) is 7.41. The van der Waals surface area contributed by atoms with Crippen molar-refractivity contribution in [3.63, 3.8) is 0 Å². The smallest absolute Gasteiger partial charge is 0.166 e. The van der Waals surface area contributed by atoms with Gasteiger partial charge in [-0.05, 0) is 36.3 Å². The summed E-state index contributed by atoms with van der Waals surface area (Å²) in [4.78, 5) is 2.37. The zero-order valence-corrected chi connectivity index (χ0v) is 14.7. The summed E-state index contributed by atoms with van der Waals surface area (Å²) in [7, 11) is 0. The van der Waals surface area contributed by atoms with Gasteiger partial charge in [-0.1, -0.05) is 29.3 Å². The Morgan fingerprint density at radius 1 is 1.18 bits per heavy atom. The highest BCUT2D eigenvalue weighted by Crippen LogP contribution is 2.20.